The second-order valence-electron chi connectivity index (χ2n) is 3.36. The fourth-order valence-corrected chi connectivity index (χ4v) is 2.03. The Kier molecular flexibility index (Phi) is 3.19. The first kappa shape index (κ1) is 10.7. The molecule has 2 heteroatoms. The van der Waals surface area contributed by atoms with Crippen molar-refractivity contribution in [1.29, 1.82) is 0 Å². The van der Waals surface area contributed by atoms with Crippen LogP contribution < -0.4 is 0 Å². The van der Waals surface area contributed by atoms with Gasteiger partial charge in [-0.2, -0.15) is 0 Å². The topological polar surface area (TPSA) is 17.1 Å². The van der Waals surface area contributed by atoms with Crippen LogP contribution in [0, 0.1) is 18.8 Å². The first-order valence-electron chi connectivity index (χ1n) is 4.93. The highest BCUT2D eigenvalue weighted by Gasteiger charge is 2.03. The second kappa shape index (κ2) is 4.78. The monoisotopic (exact) mass is 226 g/mol. The number of rotatable bonds is 1. The molecule has 0 spiro atoms. The van der Waals surface area contributed by atoms with E-state index in [2.05, 4.69) is 11.8 Å². The lowest BCUT2D eigenvalue weighted by molar-refractivity contribution is 0.106. The van der Waals surface area contributed by atoms with Crippen LogP contribution in [0.3, 0.4) is 0 Å². The molecule has 1 aromatic heterocycles. The third kappa shape index (κ3) is 2.59. The summed E-state index contributed by atoms with van der Waals surface area (Å²) in [5, 5.41) is 0. The maximum atomic E-state index is 11.7. The Hall–Kier alpha value is -1.85. The highest BCUT2D eigenvalue weighted by Crippen LogP contribution is 2.15. The van der Waals surface area contributed by atoms with E-state index < -0.39 is 0 Å². The van der Waals surface area contributed by atoms with Crippen LogP contribution in [0.1, 0.15) is 20.1 Å². The van der Waals surface area contributed by atoms with Gasteiger partial charge in [-0.25, -0.2) is 0 Å². The third-order valence-electron chi connectivity index (χ3n) is 2.06. The molecular weight excluding hydrogens is 216 g/mol. The molecule has 2 rings (SSSR count). The Bertz CT molecular complexity index is 555. The third-order valence-corrected chi connectivity index (χ3v) is 3.06. The first-order chi connectivity index (χ1) is 7.75. The Morgan fingerprint density at radius 2 is 1.88 bits per heavy atom. The van der Waals surface area contributed by atoms with Gasteiger partial charge in [-0.05, 0) is 37.1 Å². The van der Waals surface area contributed by atoms with Crippen LogP contribution in [0.2, 0.25) is 0 Å². The van der Waals surface area contributed by atoms with Gasteiger partial charge >= 0.3 is 0 Å². The number of ketones is 1. The summed E-state index contributed by atoms with van der Waals surface area (Å²) in [5.41, 5.74) is 0.865. The van der Waals surface area contributed by atoms with Crippen LogP contribution in [0.4, 0.5) is 0 Å². The van der Waals surface area contributed by atoms with E-state index in [0.29, 0.717) is 4.88 Å². The quantitative estimate of drug-likeness (QED) is 0.538. The SMILES string of the molecule is Cc1ccc(C(=O)C#Cc2ccccc2)s1. The van der Waals surface area contributed by atoms with Crippen molar-refractivity contribution in [2.45, 2.75) is 6.92 Å². The van der Waals surface area contributed by atoms with E-state index in [4.69, 9.17) is 0 Å². The number of carbonyl (C=O) groups is 1. The highest BCUT2D eigenvalue weighted by atomic mass is 32.1. The summed E-state index contributed by atoms with van der Waals surface area (Å²) < 4.78 is 0. The maximum absolute atomic E-state index is 11.7. The van der Waals surface area contributed by atoms with Gasteiger partial charge < -0.3 is 0 Å². The molecule has 0 unspecified atom stereocenters. The van der Waals surface area contributed by atoms with Gasteiger partial charge in [0.25, 0.3) is 0 Å². The lowest BCUT2D eigenvalue weighted by atomic mass is 10.2. The van der Waals surface area contributed by atoms with Crippen LogP contribution in [0.25, 0.3) is 0 Å². The summed E-state index contributed by atoms with van der Waals surface area (Å²) in [6.07, 6.45) is 0. The lowest BCUT2D eigenvalue weighted by Crippen LogP contribution is -1.89. The summed E-state index contributed by atoms with van der Waals surface area (Å²) in [4.78, 5) is 13.5. The van der Waals surface area contributed by atoms with E-state index in [1.54, 1.807) is 0 Å². The molecule has 16 heavy (non-hydrogen) atoms. The number of aryl methyl sites for hydroxylation is 1. The molecule has 0 saturated heterocycles. The molecule has 0 radical (unpaired) electrons. The molecule has 0 fully saturated rings. The zero-order chi connectivity index (χ0) is 11.4. The number of thiophene rings is 1. The predicted molar refractivity (Wildman–Crippen MR) is 66.7 cm³/mol. The van der Waals surface area contributed by atoms with E-state index >= 15 is 0 Å². The molecule has 0 aliphatic rings. The van der Waals surface area contributed by atoms with Crippen molar-refractivity contribution in [3.05, 3.63) is 57.8 Å². The van der Waals surface area contributed by atoms with E-state index in [-0.39, 0.29) is 5.78 Å². The lowest BCUT2D eigenvalue weighted by Gasteiger charge is -1.86. The van der Waals surface area contributed by atoms with Gasteiger partial charge in [0.2, 0.25) is 5.78 Å². The van der Waals surface area contributed by atoms with Crippen molar-refractivity contribution in [2.75, 3.05) is 0 Å². The molecule has 0 aliphatic carbocycles. The average molecular weight is 226 g/mol. The van der Waals surface area contributed by atoms with Gasteiger partial charge in [-0.15, -0.1) is 11.3 Å². The van der Waals surface area contributed by atoms with Crippen LogP contribution in [0.15, 0.2) is 42.5 Å². The van der Waals surface area contributed by atoms with E-state index in [9.17, 15) is 4.79 Å². The van der Waals surface area contributed by atoms with Crippen LogP contribution in [0.5, 0.6) is 0 Å². The Morgan fingerprint density at radius 3 is 2.50 bits per heavy atom. The summed E-state index contributed by atoms with van der Waals surface area (Å²) >= 11 is 1.48. The summed E-state index contributed by atoms with van der Waals surface area (Å²) in [5.74, 6) is 5.40. The van der Waals surface area contributed by atoms with Gasteiger partial charge in [0.15, 0.2) is 0 Å². The smallest absolute Gasteiger partial charge is 0.246 e. The largest absolute Gasteiger partial charge is 0.278 e. The van der Waals surface area contributed by atoms with Crippen molar-refractivity contribution >= 4 is 17.1 Å². The zero-order valence-corrected chi connectivity index (χ0v) is 9.67. The fourth-order valence-electron chi connectivity index (χ4n) is 1.27. The van der Waals surface area contributed by atoms with Crippen LogP contribution in [-0.2, 0) is 0 Å². The molecular formula is C14H10OS. The van der Waals surface area contributed by atoms with Gasteiger partial charge in [-0.3, -0.25) is 4.79 Å². The van der Waals surface area contributed by atoms with Crippen LogP contribution in [-0.4, -0.2) is 5.78 Å². The van der Waals surface area contributed by atoms with E-state index in [1.165, 1.54) is 11.3 Å². The molecule has 1 heterocycles. The van der Waals surface area contributed by atoms with E-state index in [1.807, 2.05) is 49.4 Å². The maximum Gasteiger partial charge on any atom is 0.246 e. The summed E-state index contributed by atoms with van der Waals surface area (Å²) in [6, 6.07) is 13.3. The normalized spacial score (nSPS) is 9.31. The molecule has 0 amide bonds. The van der Waals surface area contributed by atoms with Gasteiger partial charge in [-0.1, -0.05) is 24.1 Å². The average Bonchev–Trinajstić information content (AvgIpc) is 2.74. The molecule has 0 saturated carbocycles. The van der Waals surface area contributed by atoms with E-state index in [0.717, 1.165) is 10.4 Å². The minimum atomic E-state index is -0.109. The summed E-state index contributed by atoms with van der Waals surface area (Å²) in [7, 11) is 0. The molecule has 0 atom stereocenters. The standard InChI is InChI=1S/C14H10OS/c1-11-7-10-14(16-11)13(15)9-8-12-5-3-2-4-6-12/h2-7,10H,1H3. The Balaban J connectivity index is 2.17. The number of hydrogen-bond acceptors (Lipinski definition) is 2. The summed E-state index contributed by atoms with van der Waals surface area (Å²) in [6.45, 7) is 1.98. The van der Waals surface area contributed by atoms with Crippen LogP contribution >= 0.6 is 11.3 Å². The molecule has 1 nitrogen and oxygen atoms in total. The Morgan fingerprint density at radius 1 is 1.12 bits per heavy atom. The van der Waals surface area contributed by atoms with Gasteiger partial charge in [0.1, 0.15) is 0 Å². The molecule has 78 valence electrons. The molecule has 0 N–H and O–H groups in total. The minimum Gasteiger partial charge on any atom is -0.278 e. The Labute approximate surface area is 98.7 Å². The van der Waals surface area contributed by atoms with Crippen molar-refractivity contribution in [2.24, 2.45) is 0 Å². The van der Waals surface area contributed by atoms with Crippen molar-refractivity contribution in [3.63, 3.8) is 0 Å². The fraction of sp³-hybridized carbons (Fsp3) is 0.0714. The molecule has 1 aromatic carbocycles. The number of hydrogen-bond donors (Lipinski definition) is 0. The number of Topliss-reactive ketones (excluding diaryl/α,β-unsaturated/α-hetero) is 1. The zero-order valence-electron chi connectivity index (χ0n) is 8.86. The number of benzene rings is 1. The van der Waals surface area contributed by atoms with Gasteiger partial charge in [0, 0.05) is 10.4 Å². The highest BCUT2D eigenvalue weighted by molar-refractivity contribution is 7.14. The van der Waals surface area contributed by atoms with Crippen molar-refractivity contribution < 1.29 is 4.79 Å². The predicted octanol–water partition coefficient (Wildman–Crippen LogP) is 3.29. The van der Waals surface area contributed by atoms with Gasteiger partial charge in [0.05, 0.1) is 4.88 Å². The minimum absolute atomic E-state index is 0.109. The molecule has 0 bridgehead atoms. The number of carbonyl (C=O) groups excluding carboxylic acids is 1. The molecule has 0 aliphatic heterocycles. The van der Waals surface area contributed by atoms with Crippen molar-refractivity contribution in [3.8, 4) is 11.8 Å². The first-order valence-corrected chi connectivity index (χ1v) is 5.75. The van der Waals surface area contributed by atoms with Crippen molar-refractivity contribution in [1.82, 2.24) is 0 Å². The molecule has 2 aromatic rings. The second-order valence-corrected chi connectivity index (χ2v) is 4.64.